The van der Waals surface area contributed by atoms with Crippen molar-refractivity contribution in [1.82, 2.24) is 4.98 Å². The van der Waals surface area contributed by atoms with Crippen LogP contribution in [0.2, 0.25) is 0 Å². The maximum Gasteiger partial charge on any atom is 0.354 e. The number of hydrogen-bond acceptors (Lipinski definition) is 3. The lowest BCUT2D eigenvalue weighted by Gasteiger charge is -2.17. The predicted octanol–water partition coefficient (Wildman–Crippen LogP) is 2.67. The minimum Gasteiger partial charge on any atom is -0.477 e. The van der Waals surface area contributed by atoms with Gasteiger partial charge >= 0.3 is 5.97 Å². The van der Waals surface area contributed by atoms with E-state index in [0.717, 1.165) is 16.7 Å². The first-order valence-electron chi connectivity index (χ1n) is 5.90. The molecule has 0 saturated carbocycles. The van der Waals surface area contributed by atoms with Crippen LogP contribution in [-0.4, -0.2) is 21.2 Å². The molecular formula is C15H15NO3. The Morgan fingerprint density at radius 1 is 1.05 bits per heavy atom. The van der Waals surface area contributed by atoms with Crippen LogP contribution >= 0.6 is 0 Å². The van der Waals surface area contributed by atoms with Crippen LogP contribution in [0.25, 0.3) is 11.1 Å². The summed E-state index contributed by atoms with van der Waals surface area (Å²) >= 11 is 0. The number of carboxylic acid groups (broad SMARTS) is 1. The van der Waals surface area contributed by atoms with Crippen LogP contribution in [0.4, 0.5) is 0 Å². The Labute approximate surface area is 111 Å². The van der Waals surface area contributed by atoms with Crippen LogP contribution in [0.15, 0.2) is 42.6 Å². The fourth-order valence-corrected chi connectivity index (χ4v) is 1.76. The lowest BCUT2D eigenvalue weighted by Crippen LogP contribution is -2.14. The number of aromatic carboxylic acids is 1. The van der Waals surface area contributed by atoms with Gasteiger partial charge in [-0.1, -0.05) is 30.3 Å². The second kappa shape index (κ2) is 4.82. The van der Waals surface area contributed by atoms with Gasteiger partial charge in [0.15, 0.2) is 0 Å². The summed E-state index contributed by atoms with van der Waals surface area (Å²) in [5.41, 5.74) is 1.75. The summed E-state index contributed by atoms with van der Waals surface area (Å²) in [6, 6.07) is 10.6. The number of hydrogen-bond donors (Lipinski definition) is 2. The zero-order valence-corrected chi connectivity index (χ0v) is 10.8. The second-order valence-electron chi connectivity index (χ2n) is 4.87. The molecule has 0 unspecified atom stereocenters. The number of benzene rings is 1. The van der Waals surface area contributed by atoms with Crippen LogP contribution in [0.1, 0.15) is 29.9 Å². The van der Waals surface area contributed by atoms with Gasteiger partial charge < -0.3 is 10.2 Å². The fraction of sp³-hybridized carbons (Fsp3) is 0.200. The van der Waals surface area contributed by atoms with Crippen molar-refractivity contribution >= 4 is 5.97 Å². The van der Waals surface area contributed by atoms with E-state index in [4.69, 9.17) is 5.11 Å². The minimum atomic E-state index is -1.04. The smallest absolute Gasteiger partial charge is 0.354 e. The highest BCUT2D eigenvalue weighted by Crippen LogP contribution is 2.24. The standard InChI is InChI=1S/C15H15NO3/c1-15(2,19)12-6-3-10(4-7-12)11-5-8-13(14(17)18)16-9-11/h3-9,19H,1-2H3,(H,17,18). The first-order valence-corrected chi connectivity index (χ1v) is 5.90. The lowest BCUT2D eigenvalue weighted by atomic mass is 9.96. The number of aliphatic hydroxyl groups is 1. The molecule has 0 aliphatic rings. The van der Waals surface area contributed by atoms with Crippen molar-refractivity contribution in [2.45, 2.75) is 19.4 Å². The van der Waals surface area contributed by atoms with E-state index in [1.165, 1.54) is 12.3 Å². The molecule has 0 fully saturated rings. The molecule has 1 aromatic carbocycles. The number of aromatic nitrogens is 1. The maximum atomic E-state index is 10.7. The summed E-state index contributed by atoms with van der Waals surface area (Å²) in [4.78, 5) is 14.6. The summed E-state index contributed by atoms with van der Waals surface area (Å²) in [7, 11) is 0. The summed E-state index contributed by atoms with van der Waals surface area (Å²) in [6.07, 6.45) is 1.53. The highest BCUT2D eigenvalue weighted by Gasteiger charge is 2.15. The number of nitrogens with zero attached hydrogens (tertiary/aromatic N) is 1. The van der Waals surface area contributed by atoms with Gasteiger partial charge in [-0.2, -0.15) is 0 Å². The summed E-state index contributed by atoms with van der Waals surface area (Å²) < 4.78 is 0. The second-order valence-corrected chi connectivity index (χ2v) is 4.87. The van der Waals surface area contributed by atoms with Gasteiger partial charge in [0, 0.05) is 11.8 Å². The largest absolute Gasteiger partial charge is 0.477 e. The monoisotopic (exact) mass is 257 g/mol. The van der Waals surface area contributed by atoms with E-state index in [1.54, 1.807) is 19.9 Å². The van der Waals surface area contributed by atoms with Gasteiger partial charge in [-0.15, -0.1) is 0 Å². The van der Waals surface area contributed by atoms with E-state index in [1.807, 2.05) is 24.3 Å². The first-order chi connectivity index (χ1) is 8.88. The van der Waals surface area contributed by atoms with Crippen molar-refractivity contribution < 1.29 is 15.0 Å². The average molecular weight is 257 g/mol. The molecule has 0 amide bonds. The molecule has 0 aliphatic heterocycles. The summed E-state index contributed by atoms with van der Waals surface area (Å²) in [6.45, 7) is 3.45. The van der Waals surface area contributed by atoms with Crippen molar-refractivity contribution in [1.29, 1.82) is 0 Å². The molecule has 0 radical (unpaired) electrons. The molecule has 0 saturated heterocycles. The van der Waals surface area contributed by atoms with Crippen molar-refractivity contribution in [3.05, 3.63) is 53.9 Å². The van der Waals surface area contributed by atoms with Gasteiger partial charge in [-0.3, -0.25) is 0 Å². The Morgan fingerprint density at radius 2 is 1.63 bits per heavy atom. The molecule has 2 N–H and O–H groups in total. The molecule has 0 aliphatic carbocycles. The normalized spacial score (nSPS) is 11.3. The van der Waals surface area contributed by atoms with Gasteiger partial charge in [0.2, 0.25) is 0 Å². The van der Waals surface area contributed by atoms with Crippen LogP contribution in [-0.2, 0) is 5.60 Å². The number of carboxylic acids is 1. The molecular weight excluding hydrogens is 242 g/mol. The van der Waals surface area contributed by atoms with E-state index in [2.05, 4.69) is 4.98 Å². The quantitative estimate of drug-likeness (QED) is 0.886. The Balaban J connectivity index is 2.30. The molecule has 0 atom stereocenters. The molecule has 2 rings (SSSR count). The molecule has 0 spiro atoms. The van der Waals surface area contributed by atoms with Gasteiger partial charge in [-0.05, 0) is 31.0 Å². The third-order valence-electron chi connectivity index (χ3n) is 2.91. The van der Waals surface area contributed by atoms with Gasteiger partial charge in [0.25, 0.3) is 0 Å². The topological polar surface area (TPSA) is 70.4 Å². The minimum absolute atomic E-state index is 0.0249. The van der Waals surface area contributed by atoms with E-state index < -0.39 is 11.6 Å². The van der Waals surface area contributed by atoms with E-state index in [0.29, 0.717) is 0 Å². The molecule has 4 heteroatoms. The molecule has 4 nitrogen and oxygen atoms in total. The Kier molecular flexibility index (Phi) is 3.36. The molecule has 98 valence electrons. The first kappa shape index (κ1) is 13.2. The maximum absolute atomic E-state index is 10.7. The van der Waals surface area contributed by atoms with Gasteiger partial charge in [0.1, 0.15) is 5.69 Å². The third-order valence-corrected chi connectivity index (χ3v) is 2.91. The Morgan fingerprint density at radius 3 is 2.05 bits per heavy atom. The van der Waals surface area contributed by atoms with Crippen molar-refractivity contribution in [3.8, 4) is 11.1 Å². The summed E-state index contributed by atoms with van der Waals surface area (Å²) in [5.74, 6) is -1.04. The molecule has 19 heavy (non-hydrogen) atoms. The zero-order valence-electron chi connectivity index (χ0n) is 10.8. The highest BCUT2D eigenvalue weighted by atomic mass is 16.4. The van der Waals surface area contributed by atoms with Crippen molar-refractivity contribution in [2.75, 3.05) is 0 Å². The van der Waals surface area contributed by atoms with E-state index in [9.17, 15) is 9.90 Å². The third kappa shape index (κ3) is 2.98. The fourth-order valence-electron chi connectivity index (χ4n) is 1.76. The predicted molar refractivity (Wildman–Crippen MR) is 71.9 cm³/mol. The Hall–Kier alpha value is -2.20. The summed E-state index contributed by atoms with van der Waals surface area (Å²) in [5, 5.41) is 18.7. The van der Waals surface area contributed by atoms with E-state index in [-0.39, 0.29) is 5.69 Å². The van der Waals surface area contributed by atoms with Gasteiger partial charge in [-0.25, -0.2) is 9.78 Å². The van der Waals surface area contributed by atoms with Crippen LogP contribution in [0.3, 0.4) is 0 Å². The number of carbonyl (C=O) groups is 1. The number of rotatable bonds is 3. The molecule has 0 bridgehead atoms. The molecule has 1 aromatic heterocycles. The molecule has 2 aromatic rings. The zero-order chi connectivity index (χ0) is 14.0. The number of pyridine rings is 1. The van der Waals surface area contributed by atoms with Crippen LogP contribution in [0, 0.1) is 0 Å². The van der Waals surface area contributed by atoms with Crippen LogP contribution in [0.5, 0.6) is 0 Å². The van der Waals surface area contributed by atoms with E-state index >= 15 is 0 Å². The SMILES string of the molecule is CC(C)(O)c1ccc(-c2ccc(C(=O)O)nc2)cc1. The van der Waals surface area contributed by atoms with Crippen molar-refractivity contribution in [3.63, 3.8) is 0 Å². The average Bonchev–Trinajstić information content (AvgIpc) is 2.38. The van der Waals surface area contributed by atoms with Gasteiger partial charge in [0.05, 0.1) is 5.60 Å². The van der Waals surface area contributed by atoms with Crippen LogP contribution < -0.4 is 0 Å². The lowest BCUT2D eigenvalue weighted by molar-refractivity contribution is 0.0690. The molecule has 1 heterocycles. The van der Waals surface area contributed by atoms with Crippen molar-refractivity contribution in [2.24, 2.45) is 0 Å². The highest BCUT2D eigenvalue weighted by molar-refractivity contribution is 5.85. The Bertz CT molecular complexity index is 580.